The molecule has 2 aromatic rings. The van der Waals surface area contributed by atoms with Crippen LogP contribution in [0.3, 0.4) is 0 Å². The van der Waals surface area contributed by atoms with Gasteiger partial charge in [0.05, 0.1) is 24.8 Å². The summed E-state index contributed by atoms with van der Waals surface area (Å²) in [5.74, 6) is 0.229. The zero-order valence-electron chi connectivity index (χ0n) is 15.7. The molecular weight excluding hydrogens is 338 g/mol. The highest BCUT2D eigenvalue weighted by Gasteiger charge is 2.60. The summed E-state index contributed by atoms with van der Waals surface area (Å²) < 4.78 is 5.40. The Morgan fingerprint density at radius 1 is 1.48 bits per heavy atom. The highest BCUT2D eigenvalue weighted by molar-refractivity contribution is 5.92. The molecule has 4 atom stereocenters. The molecule has 1 N–H and O–H groups in total. The van der Waals surface area contributed by atoms with Gasteiger partial charge in [-0.3, -0.25) is 9.69 Å². The van der Waals surface area contributed by atoms with Crippen LogP contribution in [0.2, 0.25) is 0 Å². The van der Waals surface area contributed by atoms with Crippen molar-refractivity contribution in [3.63, 3.8) is 0 Å². The van der Waals surface area contributed by atoms with Crippen molar-refractivity contribution >= 4 is 16.9 Å². The molecular formula is C22H23N3O2. The second-order valence-electron chi connectivity index (χ2n) is 8.02. The third-order valence-corrected chi connectivity index (χ3v) is 6.77. The van der Waals surface area contributed by atoms with E-state index < -0.39 is 5.41 Å². The fraction of sp³-hybridized carbons (Fsp3) is 0.455. The molecule has 6 rings (SSSR count). The average Bonchev–Trinajstić information content (AvgIpc) is 3.04. The SMILES string of the molecule is CCC1=CC2CN3CCc4c([nH]c5ccc(C#N)cc45)C(C(=O)OC)(C2)C13. The summed E-state index contributed by atoms with van der Waals surface area (Å²) in [5, 5.41) is 10.4. The zero-order chi connectivity index (χ0) is 18.8. The number of hydrogen-bond donors (Lipinski definition) is 1. The van der Waals surface area contributed by atoms with E-state index in [4.69, 9.17) is 4.74 Å². The summed E-state index contributed by atoms with van der Waals surface area (Å²) in [6.45, 7) is 4.11. The number of nitriles is 1. The molecule has 1 aromatic heterocycles. The average molecular weight is 361 g/mol. The van der Waals surface area contributed by atoms with Gasteiger partial charge in [-0.15, -0.1) is 0 Å². The van der Waals surface area contributed by atoms with Crippen molar-refractivity contribution in [2.45, 2.75) is 37.6 Å². The molecule has 0 radical (unpaired) electrons. The summed E-state index contributed by atoms with van der Waals surface area (Å²) in [4.78, 5) is 19.4. The molecule has 1 aliphatic carbocycles. The van der Waals surface area contributed by atoms with Gasteiger partial charge in [-0.25, -0.2) is 0 Å². The maximum Gasteiger partial charge on any atom is 0.319 e. The summed E-state index contributed by atoms with van der Waals surface area (Å²) >= 11 is 0. The van der Waals surface area contributed by atoms with Crippen molar-refractivity contribution in [3.05, 3.63) is 46.7 Å². The van der Waals surface area contributed by atoms with E-state index in [0.29, 0.717) is 11.5 Å². The molecule has 4 bridgehead atoms. The number of methoxy groups -OCH3 is 1. The molecule has 3 aliphatic heterocycles. The van der Waals surface area contributed by atoms with Crippen LogP contribution in [0.1, 0.15) is 36.6 Å². The van der Waals surface area contributed by atoms with Gasteiger partial charge in [-0.1, -0.05) is 18.6 Å². The number of fused-ring (bicyclic) bond motifs is 3. The fourth-order valence-electron chi connectivity index (χ4n) is 5.83. The van der Waals surface area contributed by atoms with E-state index in [1.165, 1.54) is 18.2 Å². The number of hydrogen-bond acceptors (Lipinski definition) is 4. The maximum absolute atomic E-state index is 13.3. The van der Waals surface area contributed by atoms with E-state index >= 15 is 0 Å². The Labute approximate surface area is 158 Å². The lowest BCUT2D eigenvalue weighted by Crippen LogP contribution is -2.63. The molecule has 138 valence electrons. The zero-order valence-corrected chi connectivity index (χ0v) is 15.7. The minimum Gasteiger partial charge on any atom is -0.468 e. The Balaban J connectivity index is 1.82. The van der Waals surface area contributed by atoms with Gasteiger partial charge < -0.3 is 9.72 Å². The molecule has 0 amide bonds. The van der Waals surface area contributed by atoms with Crippen LogP contribution in [0.5, 0.6) is 0 Å². The van der Waals surface area contributed by atoms with Crippen LogP contribution in [0.25, 0.3) is 10.9 Å². The van der Waals surface area contributed by atoms with Gasteiger partial charge in [0.15, 0.2) is 0 Å². The Morgan fingerprint density at radius 2 is 2.33 bits per heavy atom. The lowest BCUT2D eigenvalue weighted by molar-refractivity contribution is -0.153. The molecule has 4 aliphatic rings. The summed E-state index contributed by atoms with van der Waals surface area (Å²) in [7, 11) is 1.50. The van der Waals surface area contributed by atoms with Gasteiger partial charge in [0, 0.05) is 29.7 Å². The highest BCUT2D eigenvalue weighted by Crippen LogP contribution is 2.53. The first-order valence-corrected chi connectivity index (χ1v) is 9.70. The number of carbonyl (C=O) groups is 1. The smallest absolute Gasteiger partial charge is 0.319 e. The lowest BCUT2D eigenvalue weighted by Gasteiger charge is -2.53. The molecule has 4 heterocycles. The van der Waals surface area contributed by atoms with E-state index in [9.17, 15) is 10.1 Å². The van der Waals surface area contributed by atoms with Crippen molar-refractivity contribution in [2.75, 3.05) is 20.2 Å². The highest BCUT2D eigenvalue weighted by atomic mass is 16.5. The number of nitrogens with one attached hydrogen (secondary N) is 1. The van der Waals surface area contributed by atoms with Crippen LogP contribution >= 0.6 is 0 Å². The van der Waals surface area contributed by atoms with Gasteiger partial charge in [0.25, 0.3) is 0 Å². The summed E-state index contributed by atoms with van der Waals surface area (Å²) in [5.41, 5.74) is 4.51. The number of aromatic nitrogens is 1. The molecule has 0 spiro atoms. The Hall–Kier alpha value is -2.58. The quantitative estimate of drug-likeness (QED) is 0.659. The standard InChI is InChI=1S/C22H23N3O2/c1-3-15-8-14-10-22(21(26)27-2)19-16(6-7-25(12-14)20(15)22)17-9-13(11-23)4-5-18(17)24-19/h4-5,8-9,14,20,24H,3,6-7,10,12H2,1-2H3. The monoisotopic (exact) mass is 361 g/mol. The normalized spacial score (nSPS) is 31.0. The van der Waals surface area contributed by atoms with Crippen LogP contribution in [0.15, 0.2) is 29.8 Å². The molecule has 4 unspecified atom stereocenters. The number of esters is 1. The minimum absolute atomic E-state index is 0.0599. The predicted octanol–water partition coefficient (Wildman–Crippen LogP) is 3.05. The van der Waals surface area contributed by atoms with E-state index in [0.717, 1.165) is 48.9 Å². The van der Waals surface area contributed by atoms with Gasteiger partial charge in [-0.05, 0) is 48.9 Å². The first-order valence-electron chi connectivity index (χ1n) is 9.70. The van der Waals surface area contributed by atoms with Crippen LogP contribution in [-0.2, 0) is 21.4 Å². The van der Waals surface area contributed by atoms with Crippen molar-refractivity contribution < 1.29 is 9.53 Å². The Morgan fingerprint density at radius 3 is 3.07 bits per heavy atom. The van der Waals surface area contributed by atoms with Crippen LogP contribution in [0.4, 0.5) is 0 Å². The summed E-state index contributed by atoms with van der Waals surface area (Å²) in [6.07, 6.45) is 5.01. The van der Waals surface area contributed by atoms with Crippen LogP contribution in [0, 0.1) is 17.2 Å². The fourth-order valence-corrected chi connectivity index (χ4v) is 5.83. The van der Waals surface area contributed by atoms with Crippen molar-refractivity contribution in [3.8, 4) is 6.07 Å². The van der Waals surface area contributed by atoms with Crippen LogP contribution in [-0.4, -0.2) is 42.1 Å². The third-order valence-electron chi connectivity index (χ3n) is 6.77. The number of rotatable bonds is 2. The van der Waals surface area contributed by atoms with Gasteiger partial charge in [0.2, 0.25) is 0 Å². The molecule has 1 aromatic carbocycles. The van der Waals surface area contributed by atoms with E-state index in [1.54, 1.807) is 0 Å². The van der Waals surface area contributed by atoms with E-state index in [2.05, 4.69) is 29.0 Å². The van der Waals surface area contributed by atoms with E-state index in [1.807, 2.05) is 18.2 Å². The molecule has 1 fully saturated rings. The Bertz CT molecular complexity index is 1030. The Kier molecular flexibility index (Phi) is 3.50. The van der Waals surface area contributed by atoms with Crippen LogP contribution < -0.4 is 0 Å². The van der Waals surface area contributed by atoms with Gasteiger partial charge >= 0.3 is 5.97 Å². The number of piperidine rings is 1. The van der Waals surface area contributed by atoms with E-state index in [-0.39, 0.29) is 12.0 Å². The van der Waals surface area contributed by atoms with Gasteiger partial charge in [0.1, 0.15) is 5.41 Å². The lowest BCUT2D eigenvalue weighted by atomic mass is 9.60. The number of H-pyrrole nitrogens is 1. The predicted molar refractivity (Wildman–Crippen MR) is 102 cm³/mol. The largest absolute Gasteiger partial charge is 0.468 e. The number of ether oxygens (including phenoxy) is 1. The number of nitrogens with zero attached hydrogens (tertiary/aromatic N) is 2. The summed E-state index contributed by atoms with van der Waals surface area (Å²) in [6, 6.07) is 8.05. The van der Waals surface area contributed by atoms with Gasteiger partial charge in [-0.2, -0.15) is 5.26 Å². The maximum atomic E-state index is 13.3. The number of carbonyl (C=O) groups excluding carboxylic acids is 1. The molecule has 5 heteroatoms. The minimum atomic E-state index is -0.685. The second kappa shape index (κ2) is 5.71. The van der Waals surface area contributed by atoms with Crippen molar-refractivity contribution in [1.29, 1.82) is 5.26 Å². The van der Waals surface area contributed by atoms with Crippen molar-refractivity contribution in [1.82, 2.24) is 9.88 Å². The topological polar surface area (TPSA) is 69.1 Å². The number of aromatic amines is 1. The number of benzene rings is 1. The first kappa shape index (κ1) is 16.6. The molecule has 27 heavy (non-hydrogen) atoms. The second-order valence-corrected chi connectivity index (χ2v) is 8.02. The molecule has 5 nitrogen and oxygen atoms in total. The molecule has 1 saturated heterocycles. The third kappa shape index (κ3) is 2.05. The molecule has 0 saturated carbocycles. The van der Waals surface area contributed by atoms with Crippen molar-refractivity contribution in [2.24, 2.45) is 5.92 Å². The first-order chi connectivity index (χ1) is 13.1.